The molecule has 180 valence electrons. The maximum Gasteiger partial charge on any atom is 0.407 e. The van der Waals surface area contributed by atoms with Gasteiger partial charge in [0.15, 0.2) is 0 Å². The number of rotatable bonds is 7. The Kier molecular flexibility index (Phi) is 9.73. The molecule has 0 aliphatic heterocycles. The molecule has 0 radical (unpaired) electrons. The summed E-state index contributed by atoms with van der Waals surface area (Å²) in [5.74, 6) is 0.536. The molecular formula is C26H37N3O3S. The third-order valence-corrected chi connectivity index (χ3v) is 6.57. The Balaban J connectivity index is 0.000000400. The van der Waals surface area contributed by atoms with Gasteiger partial charge in [0.25, 0.3) is 0 Å². The number of carbonyl (C=O) groups excluding carboxylic acids is 2. The van der Waals surface area contributed by atoms with E-state index in [9.17, 15) is 9.59 Å². The van der Waals surface area contributed by atoms with Gasteiger partial charge in [-0.3, -0.25) is 4.98 Å². The van der Waals surface area contributed by atoms with Crippen LogP contribution in [0.4, 0.5) is 10.5 Å². The number of nitrogen functional groups attached to an aromatic ring is 1. The summed E-state index contributed by atoms with van der Waals surface area (Å²) in [5, 5.41) is 4.93. The van der Waals surface area contributed by atoms with Gasteiger partial charge in [-0.05, 0) is 72.9 Å². The number of aldehydes is 1. The summed E-state index contributed by atoms with van der Waals surface area (Å²) in [6, 6.07) is 13.7. The number of pyridine rings is 1. The Hall–Kier alpha value is -3.06. The van der Waals surface area contributed by atoms with Gasteiger partial charge in [-0.2, -0.15) is 0 Å². The third-order valence-electron chi connectivity index (χ3n) is 5.18. The number of anilines is 1. The van der Waals surface area contributed by atoms with Crippen molar-refractivity contribution < 1.29 is 15.8 Å². The fourth-order valence-corrected chi connectivity index (χ4v) is 3.55. The number of ether oxygens (including phenoxy) is 1. The Morgan fingerprint density at radius 1 is 1.12 bits per heavy atom. The number of hydrogen-bond acceptors (Lipinski definition) is 5. The molecule has 0 fully saturated rings. The summed E-state index contributed by atoms with van der Waals surface area (Å²) in [6.45, 7) is 4.71. The van der Waals surface area contributed by atoms with E-state index in [0.717, 1.165) is 39.6 Å². The lowest BCUT2D eigenvalue weighted by molar-refractivity contribution is -0.109. The van der Waals surface area contributed by atoms with Crippen molar-refractivity contribution in [3.05, 3.63) is 71.5 Å². The third kappa shape index (κ3) is 9.14. The van der Waals surface area contributed by atoms with E-state index in [2.05, 4.69) is 29.1 Å². The van der Waals surface area contributed by atoms with Gasteiger partial charge in [0.2, 0.25) is 0 Å². The zero-order chi connectivity index (χ0) is 24.4. The zero-order valence-corrected chi connectivity index (χ0v) is 20.9. The van der Waals surface area contributed by atoms with Gasteiger partial charge in [0.05, 0.1) is 5.92 Å². The van der Waals surface area contributed by atoms with Crippen LogP contribution in [0.1, 0.15) is 24.0 Å². The highest BCUT2D eigenvalue weighted by atomic mass is 32.3. The van der Waals surface area contributed by atoms with Crippen LogP contribution in [-0.4, -0.2) is 55.0 Å². The molecule has 7 heteroatoms. The van der Waals surface area contributed by atoms with Gasteiger partial charge < -0.3 is 20.6 Å². The van der Waals surface area contributed by atoms with Gasteiger partial charge in [-0.25, -0.2) is 14.8 Å². The summed E-state index contributed by atoms with van der Waals surface area (Å²) >= 11 is 0. The highest BCUT2D eigenvalue weighted by molar-refractivity contribution is 8.32. The molecule has 0 saturated carbocycles. The standard InChI is InChI=1S/C17H27NO3S.C9H8N2.H2/c1-13-6-7-15(10-14(13)2)16(12-19)11-18-17(20)21-8-9-22(3,4)5;10-9-2-1-8-6-11-4-3-7(8)5-9;/h6-7,10,12,16H,8-9,11H2,1-5H3,(H,18,20);1-6H,10H2;1H. The molecule has 2 aromatic carbocycles. The van der Waals surface area contributed by atoms with E-state index in [-0.39, 0.29) is 13.9 Å². The van der Waals surface area contributed by atoms with Crippen LogP contribution in [0.25, 0.3) is 10.8 Å². The first-order chi connectivity index (χ1) is 15.6. The highest BCUT2D eigenvalue weighted by Gasteiger charge is 2.14. The quantitative estimate of drug-likeness (QED) is 0.371. The summed E-state index contributed by atoms with van der Waals surface area (Å²) in [7, 11) is -0.669. The number of hydrogen-bond donors (Lipinski definition) is 2. The fraction of sp³-hybridized carbons (Fsp3) is 0.346. The molecule has 0 aliphatic carbocycles. The van der Waals surface area contributed by atoms with Crippen molar-refractivity contribution in [2.24, 2.45) is 0 Å². The van der Waals surface area contributed by atoms with Crippen LogP contribution in [0.3, 0.4) is 0 Å². The minimum Gasteiger partial charge on any atom is -0.449 e. The summed E-state index contributed by atoms with van der Waals surface area (Å²) in [4.78, 5) is 26.9. The number of carbonyl (C=O) groups is 2. The smallest absolute Gasteiger partial charge is 0.407 e. The van der Waals surface area contributed by atoms with Crippen molar-refractivity contribution in [3.8, 4) is 0 Å². The molecule has 3 rings (SSSR count). The lowest BCUT2D eigenvalue weighted by Crippen LogP contribution is -2.30. The van der Waals surface area contributed by atoms with E-state index in [1.807, 2.05) is 62.5 Å². The Bertz CT molecular complexity index is 1090. The number of nitrogens with two attached hydrogens (primary N) is 1. The van der Waals surface area contributed by atoms with Crippen molar-refractivity contribution in [1.29, 1.82) is 0 Å². The maximum atomic E-state index is 11.7. The van der Waals surface area contributed by atoms with Gasteiger partial charge >= 0.3 is 6.09 Å². The lowest BCUT2D eigenvalue weighted by Gasteiger charge is -2.24. The predicted molar refractivity (Wildman–Crippen MR) is 143 cm³/mol. The number of fused-ring (bicyclic) bond motifs is 1. The van der Waals surface area contributed by atoms with Crippen LogP contribution in [-0.2, 0) is 9.53 Å². The first-order valence-corrected chi connectivity index (χ1v) is 13.8. The Morgan fingerprint density at radius 2 is 1.88 bits per heavy atom. The second-order valence-electron chi connectivity index (χ2n) is 8.88. The normalized spacial score (nSPS) is 12.3. The van der Waals surface area contributed by atoms with Gasteiger partial charge in [-0.15, -0.1) is 0 Å². The van der Waals surface area contributed by atoms with Crippen LogP contribution in [0, 0.1) is 13.8 Å². The van der Waals surface area contributed by atoms with Crippen LogP contribution in [0.2, 0.25) is 0 Å². The van der Waals surface area contributed by atoms with Crippen molar-refractivity contribution in [2.45, 2.75) is 19.8 Å². The zero-order valence-electron chi connectivity index (χ0n) is 20.1. The number of nitrogens with one attached hydrogen (secondary N) is 1. The van der Waals surface area contributed by atoms with E-state index in [4.69, 9.17) is 10.5 Å². The second kappa shape index (κ2) is 12.3. The van der Waals surface area contributed by atoms with Gasteiger partial charge in [0.1, 0.15) is 12.9 Å². The summed E-state index contributed by atoms with van der Waals surface area (Å²) in [5.41, 5.74) is 9.64. The van der Waals surface area contributed by atoms with E-state index in [0.29, 0.717) is 6.61 Å². The van der Waals surface area contributed by atoms with E-state index >= 15 is 0 Å². The summed E-state index contributed by atoms with van der Waals surface area (Å²) < 4.78 is 5.15. The largest absolute Gasteiger partial charge is 0.449 e. The molecule has 0 bridgehead atoms. The number of benzene rings is 2. The maximum absolute atomic E-state index is 11.7. The average Bonchev–Trinajstić information content (AvgIpc) is 2.76. The molecule has 1 amide bonds. The highest BCUT2D eigenvalue weighted by Crippen LogP contribution is 2.33. The molecular weight excluding hydrogens is 434 g/mol. The SMILES string of the molecule is Cc1ccc(C(C=O)CNC(=O)OCCS(C)(C)C)cc1C.Nc1ccc2cnccc2c1.[HH]. The van der Waals surface area contributed by atoms with Crippen LogP contribution in [0.5, 0.6) is 0 Å². The van der Waals surface area contributed by atoms with Crippen molar-refractivity contribution in [3.63, 3.8) is 0 Å². The Labute approximate surface area is 199 Å². The molecule has 33 heavy (non-hydrogen) atoms. The average molecular weight is 472 g/mol. The molecule has 0 aliphatic rings. The minimum atomic E-state index is -0.669. The van der Waals surface area contributed by atoms with Gasteiger partial charge in [0, 0.05) is 37.2 Å². The Morgan fingerprint density at radius 3 is 2.55 bits per heavy atom. The number of nitrogens with zero attached hydrogens (tertiary/aromatic N) is 1. The molecule has 6 nitrogen and oxygen atoms in total. The van der Waals surface area contributed by atoms with Crippen LogP contribution < -0.4 is 11.1 Å². The number of amides is 1. The van der Waals surface area contributed by atoms with Crippen LogP contribution >= 0.6 is 10.0 Å². The molecule has 3 N–H and O–H groups in total. The minimum absolute atomic E-state index is 0. The number of aryl methyl sites for hydroxylation is 2. The molecule has 1 unspecified atom stereocenters. The fourth-order valence-electron chi connectivity index (χ4n) is 2.97. The molecule has 1 heterocycles. The van der Waals surface area contributed by atoms with Crippen LogP contribution in [0.15, 0.2) is 54.9 Å². The molecule has 0 saturated heterocycles. The monoisotopic (exact) mass is 471 g/mol. The first kappa shape index (κ1) is 26.2. The van der Waals surface area contributed by atoms with E-state index in [1.54, 1.807) is 6.20 Å². The second-order valence-corrected chi connectivity index (χ2v) is 13.5. The van der Waals surface area contributed by atoms with Gasteiger partial charge in [-0.1, -0.05) is 24.3 Å². The van der Waals surface area contributed by atoms with Crippen molar-refractivity contribution >= 4 is 38.9 Å². The van der Waals surface area contributed by atoms with Crippen molar-refractivity contribution in [2.75, 3.05) is 43.4 Å². The molecule has 3 aromatic rings. The topological polar surface area (TPSA) is 94.3 Å². The van der Waals surface area contributed by atoms with E-state index in [1.165, 1.54) is 5.56 Å². The molecule has 0 spiro atoms. The number of aromatic nitrogens is 1. The van der Waals surface area contributed by atoms with Crippen molar-refractivity contribution in [1.82, 2.24) is 10.3 Å². The van der Waals surface area contributed by atoms with E-state index < -0.39 is 16.1 Å². The number of alkyl carbamates (subject to hydrolysis) is 1. The lowest BCUT2D eigenvalue weighted by atomic mass is 9.97. The first-order valence-electron chi connectivity index (χ1n) is 10.8. The predicted octanol–water partition coefficient (Wildman–Crippen LogP) is 5.07. The molecule has 1 atom stereocenters. The summed E-state index contributed by atoms with van der Waals surface area (Å²) in [6.07, 6.45) is 10.5. The molecule has 1 aromatic heterocycles.